The summed E-state index contributed by atoms with van der Waals surface area (Å²) in [6.45, 7) is 0. The van der Waals surface area contributed by atoms with E-state index in [4.69, 9.17) is 27.9 Å². The molecule has 0 aromatic rings. The summed E-state index contributed by atoms with van der Waals surface area (Å²) < 4.78 is 4.93. The largest absolute Gasteiger partial charge is 0.469 e. The number of hydrogen-bond donors (Lipinski definition) is 0. The second kappa shape index (κ2) is 1.95. The smallest absolute Gasteiger partial charge is 0.312 e. The van der Waals surface area contributed by atoms with Gasteiger partial charge in [-0.25, -0.2) is 0 Å². The maximum atomic E-state index is 11.9. The van der Waals surface area contributed by atoms with Gasteiger partial charge in [-0.3, -0.25) is 4.79 Å². The maximum Gasteiger partial charge on any atom is 0.312 e. The summed E-state index contributed by atoms with van der Waals surface area (Å²) in [6, 6.07) is 0. The predicted octanol–water partition coefficient (Wildman–Crippen LogP) is 2.32. The molecule has 5 unspecified atom stereocenters. The molecule has 0 amide bonds. The molecule has 5 atom stereocenters. The molecule has 4 aliphatic rings. The van der Waals surface area contributed by atoms with E-state index in [1.807, 2.05) is 0 Å². The van der Waals surface area contributed by atoms with E-state index in [-0.39, 0.29) is 26.5 Å². The average molecular weight is 247 g/mol. The van der Waals surface area contributed by atoms with Crippen molar-refractivity contribution in [1.29, 1.82) is 0 Å². The van der Waals surface area contributed by atoms with Crippen molar-refractivity contribution in [3.63, 3.8) is 0 Å². The zero-order valence-electron chi connectivity index (χ0n) is 8.48. The summed E-state index contributed by atoms with van der Waals surface area (Å²) in [6.07, 6.45) is 3.64. The van der Waals surface area contributed by atoms with E-state index in [1.165, 1.54) is 7.11 Å². The number of carbonyl (C=O) groups excluding carboxylic acids is 1. The van der Waals surface area contributed by atoms with E-state index in [1.54, 1.807) is 0 Å². The highest BCUT2D eigenvalue weighted by Gasteiger charge is 3.01. The minimum absolute atomic E-state index is 0.0838. The van der Waals surface area contributed by atoms with Gasteiger partial charge in [0, 0.05) is 5.41 Å². The van der Waals surface area contributed by atoms with Gasteiger partial charge in [0.25, 0.3) is 0 Å². The second-order valence-electron chi connectivity index (χ2n) is 5.77. The Labute approximate surface area is 98.2 Å². The van der Waals surface area contributed by atoms with Gasteiger partial charge in [-0.1, -0.05) is 0 Å². The van der Waals surface area contributed by atoms with Crippen LogP contribution in [-0.2, 0) is 9.53 Å². The van der Waals surface area contributed by atoms with E-state index in [2.05, 4.69) is 0 Å². The lowest BCUT2D eigenvalue weighted by Crippen LogP contribution is -2.99. The summed E-state index contributed by atoms with van der Waals surface area (Å²) in [7, 11) is 1.46. The number of rotatable bonds is 1. The summed E-state index contributed by atoms with van der Waals surface area (Å²) >= 11 is 13.1. The van der Waals surface area contributed by atoms with Gasteiger partial charge in [0.1, 0.15) is 0 Å². The molecule has 0 aliphatic heterocycles. The number of esters is 1. The van der Waals surface area contributed by atoms with Crippen LogP contribution in [0.5, 0.6) is 0 Å². The van der Waals surface area contributed by atoms with Crippen LogP contribution in [0, 0.1) is 16.7 Å². The molecule has 4 saturated carbocycles. The quantitative estimate of drug-likeness (QED) is 0.525. The van der Waals surface area contributed by atoms with Crippen LogP contribution in [0.2, 0.25) is 0 Å². The zero-order valence-corrected chi connectivity index (χ0v) is 9.99. The fourth-order valence-electron chi connectivity index (χ4n) is 5.62. The third kappa shape index (κ3) is 0.513. The second-order valence-corrected chi connectivity index (χ2v) is 7.22. The number of ether oxygens (including phenoxy) is 1. The van der Waals surface area contributed by atoms with Crippen molar-refractivity contribution in [3.05, 3.63) is 0 Å². The van der Waals surface area contributed by atoms with Crippen LogP contribution in [0.15, 0.2) is 0 Å². The van der Waals surface area contributed by atoms with Crippen LogP contribution >= 0.6 is 23.2 Å². The molecule has 0 bridgehead atoms. The molecule has 2 nitrogen and oxygen atoms in total. The number of halogens is 2. The minimum atomic E-state index is -0.313. The normalized spacial score (nSPS) is 67.3. The van der Waals surface area contributed by atoms with E-state index in [0.29, 0.717) is 5.92 Å². The van der Waals surface area contributed by atoms with Gasteiger partial charge in [0.2, 0.25) is 0 Å². The Morgan fingerprint density at radius 3 is 2.47 bits per heavy atom. The Bertz CT molecular complexity index is 401. The lowest BCUT2D eigenvalue weighted by atomic mass is 9.12. The molecule has 4 fully saturated rings. The molecular formula is C11H12Cl2O2. The van der Waals surface area contributed by atoms with Gasteiger partial charge in [0.05, 0.1) is 22.3 Å². The molecule has 0 aromatic carbocycles. The van der Waals surface area contributed by atoms with E-state index in [9.17, 15) is 4.79 Å². The summed E-state index contributed by atoms with van der Waals surface area (Å²) in [4.78, 5) is 11.5. The molecule has 4 heteroatoms. The summed E-state index contributed by atoms with van der Waals surface area (Å²) in [5, 5.41) is 0. The Balaban J connectivity index is 1.81. The number of carbonyl (C=O) groups is 1. The van der Waals surface area contributed by atoms with Gasteiger partial charge < -0.3 is 4.74 Å². The highest BCUT2D eigenvalue weighted by Crippen LogP contribution is 2.98. The van der Waals surface area contributed by atoms with Crippen LogP contribution in [0.4, 0.5) is 0 Å². The Morgan fingerprint density at radius 1 is 1.27 bits per heavy atom. The molecule has 15 heavy (non-hydrogen) atoms. The SMILES string of the molecule is COC(=O)C12CC3CC4(Cl)CC(Cl)(C1)C342. The lowest BCUT2D eigenvalue weighted by molar-refractivity contribution is -0.388. The van der Waals surface area contributed by atoms with Crippen molar-refractivity contribution >= 4 is 29.2 Å². The van der Waals surface area contributed by atoms with Crippen LogP contribution < -0.4 is 0 Å². The van der Waals surface area contributed by atoms with Gasteiger partial charge in [-0.2, -0.15) is 0 Å². The van der Waals surface area contributed by atoms with Crippen LogP contribution in [0.25, 0.3) is 0 Å². The molecule has 0 saturated heterocycles. The third-order valence-electron chi connectivity index (χ3n) is 5.66. The number of hydrogen-bond acceptors (Lipinski definition) is 2. The topological polar surface area (TPSA) is 26.3 Å². The van der Waals surface area contributed by atoms with Gasteiger partial charge in [-0.15, -0.1) is 23.2 Å². The van der Waals surface area contributed by atoms with Crippen LogP contribution in [0.3, 0.4) is 0 Å². The standard InChI is InChI=1S/C11H12Cl2O2/c1-15-7(14)8-2-6-3-9(12)5-10(13,4-8)11(6,8)9/h6H,2-5H2,1H3. The lowest BCUT2D eigenvalue weighted by Gasteiger charge is -2.95. The first-order valence-corrected chi connectivity index (χ1v) is 6.18. The third-order valence-corrected chi connectivity index (χ3v) is 6.82. The number of methoxy groups -OCH3 is 1. The molecule has 1 spiro atoms. The molecular weight excluding hydrogens is 235 g/mol. The van der Waals surface area contributed by atoms with Gasteiger partial charge in [-0.05, 0) is 31.6 Å². The fraction of sp³-hybridized carbons (Fsp3) is 0.909. The van der Waals surface area contributed by atoms with E-state index >= 15 is 0 Å². The van der Waals surface area contributed by atoms with E-state index < -0.39 is 0 Å². The van der Waals surface area contributed by atoms with Crippen molar-refractivity contribution in [3.8, 4) is 0 Å². The average Bonchev–Trinajstić information content (AvgIpc) is 2.08. The van der Waals surface area contributed by atoms with Gasteiger partial charge >= 0.3 is 5.97 Å². The zero-order chi connectivity index (χ0) is 10.7. The predicted molar refractivity (Wildman–Crippen MR) is 56.0 cm³/mol. The Morgan fingerprint density at radius 2 is 2.00 bits per heavy atom. The molecule has 0 heterocycles. The van der Waals surface area contributed by atoms with Crippen molar-refractivity contribution in [2.45, 2.75) is 35.4 Å². The van der Waals surface area contributed by atoms with Crippen molar-refractivity contribution in [2.75, 3.05) is 7.11 Å². The Hall–Kier alpha value is 0.0500. The molecule has 82 valence electrons. The Kier molecular flexibility index (Phi) is 1.18. The molecule has 4 rings (SSSR count). The first-order chi connectivity index (χ1) is 6.96. The highest BCUT2D eigenvalue weighted by atomic mass is 35.5. The van der Waals surface area contributed by atoms with Crippen LogP contribution in [0.1, 0.15) is 25.7 Å². The summed E-state index contributed by atoms with van der Waals surface area (Å²) in [5.74, 6) is 0.494. The molecule has 0 aromatic heterocycles. The maximum absolute atomic E-state index is 11.9. The highest BCUT2D eigenvalue weighted by molar-refractivity contribution is 6.35. The van der Waals surface area contributed by atoms with Crippen molar-refractivity contribution in [1.82, 2.24) is 0 Å². The van der Waals surface area contributed by atoms with Crippen molar-refractivity contribution in [2.24, 2.45) is 16.7 Å². The van der Waals surface area contributed by atoms with Crippen molar-refractivity contribution < 1.29 is 9.53 Å². The summed E-state index contributed by atoms with van der Waals surface area (Å²) in [5.41, 5.74) is -0.407. The minimum Gasteiger partial charge on any atom is -0.469 e. The number of alkyl halides is 2. The van der Waals surface area contributed by atoms with Gasteiger partial charge in [0.15, 0.2) is 0 Å². The molecule has 4 aliphatic carbocycles. The first kappa shape index (κ1) is 9.12. The van der Waals surface area contributed by atoms with Crippen LogP contribution in [-0.4, -0.2) is 22.8 Å². The molecule has 0 N–H and O–H groups in total. The fourth-order valence-corrected chi connectivity index (χ4v) is 7.64. The first-order valence-electron chi connectivity index (χ1n) is 5.42. The monoisotopic (exact) mass is 246 g/mol. The molecule has 0 radical (unpaired) electrons. The van der Waals surface area contributed by atoms with E-state index in [0.717, 1.165) is 25.7 Å².